The van der Waals surface area contributed by atoms with Gasteiger partial charge in [-0.15, -0.1) is 0 Å². The van der Waals surface area contributed by atoms with Crippen molar-refractivity contribution >= 4 is 0 Å². The molecule has 0 fully saturated rings. The molecule has 0 unspecified atom stereocenters. The molecule has 1 N–H and O–H groups in total. The monoisotopic (exact) mass is 220 g/mol. The van der Waals surface area contributed by atoms with Crippen molar-refractivity contribution in [2.24, 2.45) is 0 Å². The molecule has 3 heteroatoms. The second-order valence-corrected chi connectivity index (χ2v) is 3.88. The van der Waals surface area contributed by atoms with E-state index in [0.717, 1.165) is 17.7 Å². The molecule has 1 aliphatic rings. The van der Waals surface area contributed by atoms with Gasteiger partial charge in [-0.25, -0.2) is 0 Å². The largest absolute Gasteiger partial charge is 0.467 e. The summed E-state index contributed by atoms with van der Waals surface area (Å²) in [5, 5.41) is 9.48. The highest BCUT2D eigenvalue weighted by molar-refractivity contribution is 5.39. The van der Waals surface area contributed by atoms with Crippen molar-refractivity contribution in [2.45, 2.75) is 18.4 Å². The van der Waals surface area contributed by atoms with Gasteiger partial charge in [-0.05, 0) is 12.5 Å². The summed E-state index contributed by atoms with van der Waals surface area (Å²) in [5.41, 5.74) is 1.10. The Morgan fingerprint density at radius 3 is 2.81 bits per heavy atom. The molecule has 1 aromatic rings. The molecule has 0 spiro atoms. The minimum Gasteiger partial charge on any atom is -0.467 e. The molecule has 0 aliphatic heterocycles. The third-order valence-corrected chi connectivity index (χ3v) is 2.71. The number of hydrogen-bond acceptors (Lipinski definition) is 3. The Bertz CT molecular complexity index is 373. The second kappa shape index (κ2) is 5.14. The van der Waals surface area contributed by atoms with E-state index in [-0.39, 0.29) is 18.8 Å². The first kappa shape index (κ1) is 11.2. The van der Waals surface area contributed by atoms with E-state index < -0.39 is 0 Å². The number of ether oxygens (including phenoxy) is 2. The van der Waals surface area contributed by atoms with E-state index >= 15 is 0 Å². The minimum atomic E-state index is -0.333. The minimum absolute atomic E-state index is 0.239. The fourth-order valence-corrected chi connectivity index (χ4v) is 1.95. The molecule has 3 nitrogen and oxygen atoms in total. The van der Waals surface area contributed by atoms with E-state index in [4.69, 9.17) is 9.47 Å². The quantitative estimate of drug-likeness (QED) is 0.623. The maximum absolute atomic E-state index is 9.48. The summed E-state index contributed by atoms with van der Waals surface area (Å²) in [6.45, 7) is 0.246. The molecule has 1 aliphatic carbocycles. The average Bonchev–Trinajstić information content (AvgIpc) is 2.73. The molecule has 0 heterocycles. The number of aliphatic hydroxyl groups is 1. The van der Waals surface area contributed by atoms with Crippen LogP contribution in [0.5, 0.6) is 5.75 Å². The van der Waals surface area contributed by atoms with Gasteiger partial charge in [-0.3, -0.25) is 0 Å². The molecule has 0 saturated carbocycles. The summed E-state index contributed by atoms with van der Waals surface area (Å²) in [6.07, 6.45) is 4.26. The van der Waals surface area contributed by atoms with Crippen LogP contribution in [-0.4, -0.2) is 25.1 Å². The van der Waals surface area contributed by atoms with Gasteiger partial charge in [0.15, 0.2) is 6.79 Å². The first-order chi connectivity index (χ1) is 7.81. The SMILES string of the molecule is COCOc1ccccc1[C@H]1C=C[C@H](O)C1. The van der Waals surface area contributed by atoms with Gasteiger partial charge in [-0.1, -0.05) is 30.4 Å². The molecule has 1 aromatic carbocycles. The number of hydrogen-bond donors (Lipinski definition) is 1. The zero-order valence-electron chi connectivity index (χ0n) is 9.30. The van der Waals surface area contributed by atoms with Crippen LogP contribution in [0, 0.1) is 0 Å². The predicted octanol–water partition coefficient (Wildman–Crippen LogP) is 2.07. The highest BCUT2D eigenvalue weighted by atomic mass is 16.7. The molecule has 2 rings (SSSR count). The van der Waals surface area contributed by atoms with Crippen LogP contribution in [0.4, 0.5) is 0 Å². The van der Waals surface area contributed by atoms with Crippen molar-refractivity contribution in [1.82, 2.24) is 0 Å². The molecule has 2 atom stereocenters. The summed E-state index contributed by atoms with van der Waals surface area (Å²) in [4.78, 5) is 0. The molecule has 86 valence electrons. The highest BCUT2D eigenvalue weighted by Crippen LogP contribution is 2.34. The van der Waals surface area contributed by atoms with E-state index in [9.17, 15) is 5.11 Å². The fourth-order valence-electron chi connectivity index (χ4n) is 1.95. The Labute approximate surface area is 95.3 Å². The highest BCUT2D eigenvalue weighted by Gasteiger charge is 2.21. The molecular formula is C13H16O3. The second-order valence-electron chi connectivity index (χ2n) is 3.88. The van der Waals surface area contributed by atoms with Crippen LogP contribution in [0.3, 0.4) is 0 Å². The van der Waals surface area contributed by atoms with Crippen LogP contribution in [0.2, 0.25) is 0 Å². The standard InChI is InChI=1S/C13H16O3/c1-15-9-16-13-5-3-2-4-12(13)10-6-7-11(14)8-10/h2-7,10-11,14H,8-9H2,1H3/t10-,11-/m0/s1. The predicted molar refractivity (Wildman–Crippen MR) is 61.5 cm³/mol. The third kappa shape index (κ3) is 2.43. The van der Waals surface area contributed by atoms with Crippen LogP contribution in [0.1, 0.15) is 17.9 Å². The molecule has 0 radical (unpaired) electrons. The van der Waals surface area contributed by atoms with Crippen LogP contribution in [-0.2, 0) is 4.74 Å². The van der Waals surface area contributed by atoms with Gasteiger partial charge >= 0.3 is 0 Å². The van der Waals surface area contributed by atoms with Crippen LogP contribution in [0.25, 0.3) is 0 Å². The maximum Gasteiger partial charge on any atom is 0.188 e. The number of benzene rings is 1. The lowest BCUT2D eigenvalue weighted by atomic mass is 9.97. The van der Waals surface area contributed by atoms with E-state index in [1.807, 2.05) is 36.4 Å². The van der Waals surface area contributed by atoms with E-state index in [0.29, 0.717) is 0 Å². The first-order valence-electron chi connectivity index (χ1n) is 5.38. The first-order valence-corrected chi connectivity index (χ1v) is 5.38. The lowest BCUT2D eigenvalue weighted by Crippen LogP contribution is -2.05. The van der Waals surface area contributed by atoms with E-state index in [2.05, 4.69) is 0 Å². The van der Waals surface area contributed by atoms with Crippen molar-refractivity contribution in [3.8, 4) is 5.75 Å². The lowest BCUT2D eigenvalue weighted by Gasteiger charge is -2.15. The zero-order valence-corrected chi connectivity index (χ0v) is 9.30. The summed E-state index contributed by atoms with van der Waals surface area (Å²) in [6, 6.07) is 7.86. The Morgan fingerprint density at radius 2 is 2.12 bits per heavy atom. The number of aliphatic hydroxyl groups excluding tert-OH is 1. The average molecular weight is 220 g/mol. The topological polar surface area (TPSA) is 38.7 Å². The third-order valence-electron chi connectivity index (χ3n) is 2.71. The molecule has 0 bridgehead atoms. The number of allylic oxidation sites excluding steroid dienone is 1. The van der Waals surface area contributed by atoms with Crippen molar-refractivity contribution < 1.29 is 14.6 Å². The fraction of sp³-hybridized carbons (Fsp3) is 0.385. The van der Waals surface area contributed by atoms with Gasteiger partial charge < -0.3 is 14.6 Å². The lowest BCUT2D eigenvalue weighted by molar-refractivity contribution is 0.0502. The van der Waals surface area contributed by atoms with Gasteiger partial charge in [0.05, 0.1) is 6.10 Å². The summed E-state index contributed by atoms with van der Waals surface area (Å²) in [5.74, 6) is 1.07. The van der Waals surface area contributed by atoms with Crippen LogP contribution < -0.4 is 4.74 Å². The number of para-hydroxylation sites is 1. The maximum atomic E-state index is 9.48. The van der Waals surface area contributed by atoms with Gasteiger partial charge in [0.25, 0.3) is 0 Å². The van der Waals surface area contributed by atoms with Crippen molar-refractivity contribution in [3.63, 3.8) is 0 Å². The van der Waals surface area contributed by atoms with E-state index in [1.165, 1.54) is 0 Å². The summed E-state index contributed by atoms with van der Waals surface area (Å²) in [7, 11) is 1.60. The van der Waals surface area contributed by atoms with Gasteiger partial charge in [0.1, 0.15) is 5.75 Å². The number of rotatable bonds is 4. The van der Waals surface area contributed by atoms with Crippen LogP contribution in [0.15, 0.2) is 36.4 Å². The van der Waals surface area contributed by atoms with Crippen LogP contribution >= 0.6 is 0 Å². The molecule has 0 saturated heterocycles. The van der Waals surface area contributed by atoms with Gasteiger partial charge in [-0.2, -0.15) is 0 Å². The Balaban J connectivity index is 2.16. The Morgan fingerprint density at radius 1 is 1.31 bits per heavy atom. The summed E-state index contributed by atoms with van der Waals surface area (Å²) >= 11 is 0. The molecule has 0 amide bonds. The number of methoxy groups -OCH3 is 1. The zero-order chi connectivity index (χ0) is 11.4. The molecule has 16 heavy (non-hydrogen) atoms. The van der Waals surface area contributed by atoms with E-state index in [1.54, 1.807) is 7.11 Å². The van der Waals surface area contributed by atoms with Gasteiger partial charge in [0.2, 0.25) is 0 Å². The smallest absolute Gasteiger partial charge is 0.188 e. The van der Waals surface area contributed by atoms with Gasteiger partial charge in [0, 0.05) is 18.6 Å². The van der Waals surface area contributed by atoms with Crippen molar-refractivity contribution in [1.29, 1.82) is 0 Å². The molecule has 0 aromatic heterocycles. The van der Waals surface area contributed by atoms with Crippen molar-refractivity contribution in [3.05, 3.63) is 42.0 Å². The normalized spacial score (nSPS) is 23.6. The van der Waals surface area contributed by atoms with Crippen molar-refractivity contribution in [2.75, 3.05) is 13.9 Å². The molecular weight excluding hydrogens is 204 g/mol. The Kier molecular flexibility index (Phi) is 3.59. The Hall–Kier alpha value is -1.32. The summed E-state index contributed by atoms with van der Waals surface area (Å²) < 4.78 is 10.4.